The highest BCUT2D eigenvalue weighted by molar-refractivity contribution is 7.99. The Morgan fingerprint density at radius 3 is 2.15 bits per heavy atom. The monoisotopic (exact) mass is 303 g/mol. The first-order valence-electron chi connectivity index (χ1n) is 6.68. The van der Waals surface area contributed by atoms with E-state index in [0.717, 1.165) is 0 Å². The average Bonchev–Trinajstić information content (AvgIpc) is 2.38. The molecule has 1 atom stereocenters. The Morgan fingerprint density at radius 1 is 1.05 bits per heavy atom. The first kappa shape index (κ1) is 18.9. The number of rotatable bonds is 9. The van der Waals surface area contributed by atoms with Crippen molar-refractivity contribution in [3.05, 3.63) is 0 Å². The zero-order valence-corrected chi connectivity index (χ0v) is 13.4. The van der Waals surface area contributed by atoms with Crippen molar-refractivity contribution in [2.75, 3.05) is 18.8 Å². The van der Waals surface area contributed by atoms with E-state index in [1.807, 2.05) is 13.8 Å². The van der Waals surface area contributed by atoms with E-state index < -0.39 is 11.9 Å². The molecule has 0 aromatic carbocycles. The number of carbonyl (C=O) groups excluding carboxylic acids is 3. The molecular weight excluding hydrogens is 278 g/mol. The lowest BCUT2D eigenvalue weighted by Gasteiger charge is -2.13. The molecule has 0 unspecified atom stereocenters. The van der Waals surface area contributed by atoms with Gasteiger partial charge in [0, 0.05) is 11.7 Å². The lowest BCUT2D eigenvalue weighted by Crippen LogP contribution is -2.46. The van der Waals surface area contributed by atoms with Crippen molar-refractivity contribution in [3.8, 4) is 0 Å². The number of hydrogen-bond acceptors (Lipinski definition) is 5. The van der Waals surface area contributed by atoms with Crippen LogP contribution in [0.5, 0.6) is 0 Å². The Morgan fingerprint density at radius 2 is 1.65 bits per heavy atom. The van der Waals surface area contributed by atoms with Crippen LogP contribution >= 0.6 is 11.8 Å². The molecule has 0 saturated carbocycles. The summed E-state index contributed by atoms with van der Waals surface area (Å²) in [5, 5.41) is 5.32. The van der Waals surface area contributed by atoms with Crippen molar-refractivity contribution in [3.63, 3.8) is 0 Å². The van der Waals surface area contributed by atoms with E-state index in [-0.39, 0.29) is 30.7 Å². The van der Waals surface area contributed by atoms with Gasteiger partial charge in [-0.1, -0.05) is 27.7 Å². The number of Topliss-reactive ketones (excluding diaryl/α,β-unsaturated/α-hetero) is 1. The Labute approximate surface area is 124 Å². The highest BCUT2D eigenvalue weighted by Crippen LogP contribution is 2.09. The van der Waals surface area contributed by atoms with Crippen LogP contribution in [0, 0.1) is 5.92 Å². The Balaban J connectivity index is 3.88. The number of nitrogens with two attached hydrogens (primary N) is 1. The molecule has 0 aromatic rings. The third kappa shape index (κ3) is 8.92. The fraction of sp³-hybridized carbons (Fsp3) is 0.769. The summed E-state index contributed by atoms with van der Waals surface area (Å²) in [5.41, 5.74) is 5.69. The van der Waals surface area contributed by atoms with Gasteiger partial charge in [-0.2, -0.15) is 11.8 Å². The summed E-state index contributed by atoms with van der Waals surface area (Å²) < 4.78 is 0. The van der Waals surface area contributed by atoms with E-state index in [0.29, 0.717) is 11.0 Å². The predicted octanol–water partition coefficient (Wildman–Crippen LogP) is -0.0872. The number of ketones is 1. The first-order valence-corrected chi connectivity index (χ1v) is 7.73. The van der Waals surface area contributed by atoms with Crippen LogP contribution in [0.3, 0.4) is 0 Å². The summed E-state index contributed by atoms with van der Waals surface area (Å²) >= 11 is 1.59. The number of thioether (sulfide) groups is 1. The minimum absolute atomic E-state index is 0.0123. The van der Waals surface area contributed by atoms with Crippen LogP contribution < -0.4 is 16.4 Å². The second kappa shape index (κ2) is 9.77. The van der Waals surface area contributed by atoms with Gasteiger partial charge in [0.05, 0.1) is 19.1 Å². The molecule has 2 amide bonds. The average molecular weight is 303 g/mol. The molecule has 0 radical (unpaired) electrons. The van der Waals surface area contributed by atoms with Crippen LogP contribution in [0.4, 0.5) is 0 Å². The lowest BCUT2D eigenvalue weighted by molar-refractivity contribution is -0.128. The van der Waals surface area contributed by atoms with Crippen LogP contribution in [0.25, 0.3) is 0 Å². The molecule has 0 spiro atoms. The van der Waals surface area contributed by atoms with Gasteiger partial charge in [-0.3, -0.25) is 14.4 Å². The van der Waals surface area contributed by atoms with Crippen molar-refractivity contribution in [2.45, 2.75) is 39.0 Å². The number of amides is 2. The normalized spacial score (nSPS) is 12.3. The van der Waals surface area contributed by atoms with Crippen molar-refractivity contribution in [2.24, 2.45) is 11.7 Å². The number of carbonyl (C=O) groups is 3. The molecule has 0 rings (SSSR count). The van der Waals surface area contributed by atoms with Crippen LogP contribution in [0.15, 0.2) is 0 Å². The zero-order valence-electron chi connectivity index (χ0n) is 12.6. The van der Waals surface area contributed by atoms with Gasteiger partial charge < -0.3 is 16.4 Å². The van der Waals surface area contributed by atoms with Gasteiger partial charge in [-0.05, 0) is 5.25 Å². The lowest BCUT2D eigenvalue weighted by atomic mass is 10.1. The SMILES string of the molecule is CC(C)SC[C@@H](N)C(=O)NCC(=O)NCC(=O)C(C)C. The summed E-state index contributed by atoms with van der Waals surface area (Å²) in [5.74, 6) is -0.405. The van der Waals surface area contributed by atoms with Gasteiger partial charge in [-0.15, -0.1) is 0 Å². The van der Waals surface area contributed by atoms with Crippen LogP contribution in [-0.4, -0.2) is 47.7 Å². The molecule has 7 heteroatoms. The van der Waals surface area contributed by atoms with Gasteiger partial charge in [0.25, 0.3) is 0 Å². The molecular formula is C13H25N3O3S. The molecule has 6 nitrogen and oxygen atoms in total. The van der Waals surface area contributed by atoms with Gasteiger partial charge in [-0.25, -0.2) is 0 Å². The molecule has 0 heterocycles. The fourth-order valence-corrected chi connectivity index (χ4v) is 1.87. The minimum atomic E-state index is -0.632. The second-order valence-electron chi connectivity index (χ2n) is 5.10. The van der Waals surface area contributed by atoms with Gasteiger partial charge in [0.1, 0.15) is 0 Å². The molecule has 0 aromatic heterocycles. The molecule has 0 fully saturated rings. The highest BCUT2D eigenvalue weighted by atomic mass is 32.2. The Bertz CT molecular complexity index is 346. The third-order valence-corrected chi connectivity index (χ3v) is 3.69. The van der Waals surface area contributed by atoms with E-state index in [2.05, 4.69) is 10.6 Å². The fourth-order valence-electron chi connectivity index (χ4n) is 1.12. The molecule has 0 saturated heterocycles. The highest BCUT2D eigenvalue weighted by Gasteiger charge is 2.15. The van der Waals surface area contributed by atoms with E-state index in [9.17, 15) is 14.4 Å². The van der Waals surface area contributed by atoms with Crippen molar-refractivity contribution < 1.29 is 14.4 Å². The van der Waals surface area contributed by atoms with Crippen molar-refractivity contribution >= 4 is 29.4 Å². The Hall–Kier alpha value is -1.08. The van der Waals surface area contributed by atoms with Crippen LogP contribution in [0.2, 0.25) is 0 Å². The minimum Gasteiger partial charge on any atom is -0.347 e. The van der Waals surface area contributed by atoms with Gasteiger partial charge >= 0.3 is 0 Å². The second-order valence-corrected chi connectivity index (χ2v) is 6.71. The van der Waals surface area contributed by atoms with E-state index in [4.69, 9.17) is 5.73 Å². The predicted molar refractivity (Wildman–Crippen MR) is 81.4 cm³/mol. The first-order chi connectivity index (χ1) is 9.23. The molecule has 20 heavy (non-hydrogen) atoms. The summed E-state index contributed by atoms with van der Waals surface area (Å²) in [7, 11) is 0. The Kier molecular flexibility index (Phi) is 9.24. The summed E-state index contributed by atoms with van der Waals surface area (Å²) in [4.78, 5) is 34.4. The topological polar surface area (TPSA) is 101 Å². The molecule has 4 N–H and O–H groups in total. The van der Waals surface area contributed by atoms with E-state index in [1.165, 1.54) is 0 Å². The standard InChI is InChI=1S/C13H25N3O3S/c1-8(2)11(17)5-15-12(18)6-16-13(19)10(14)7-20-9(3)4/h8-10H,5-7,14H2,1-4H3,(H,15,18)(H,16,19)/t10-/m1/s1. The molecule has 0 bridgehead atoms. The van der Waals surface area contributed by atoms with Crippen molar-refractivity contribution in [1.82, 2.24) is 10.6 Å². The van der Waals surface area contributed by atoms with E-state index >= 15 is 0 Å². The molecule has 0 aliphatic rings. The van der Waals surface area contributed by atoms with E-state index in [1.54, 1.807) is 25.6 Å². The van der Waals surface area contributed by atoms with Crippen molar-refractivity contribution in [1.29, 1.82) is 0 Å². The molecule has 0 aliphatic heterocycles. The quantitative estimate of drug-likeness (QED) is 0.553. The van der Waals surface area contributed by atoms with Gasteiger partial charge in [0.15, 0.2) is 5.78 Å². The van der Waals surface area contributed by atoms with Crippen LogP contribution in [-0.2, 0) is 14.4 Å². The summed E-state index contributed by atoms with van der Waals surface area (Å²) in [6.45, 7) is 7.40. The largest absolute Gasteiger partial charge is 0.347 e. The maximum absolute atomic E-state index is 11.6. The maximum atomic E-state index is 11.6. The smallest absolute Gasteiger partial charge is 0.239 e. The molecule has 116 valence electrons. The number of hydrogen-bond donors (Lipinski definition) is 3. The van der Waals surface area contributed by atoms with Gasteiger partial charge in [0.2, 0.25) is 11.8 Å². The zero-order chi connectivity index (χ0) is 15.7. The molecule has 0 aliphatic carbocycles. The third-order valence-electron chi connectivity index (χ3n) is 2.47. The van der Waals surface area contributed by atoms with Crippen LogP contribution in [0.1, 0.15) is 27.7 Å². The summed E-state index contributed by atoms with van der Waals surface area (Å²) in [6, 6.07) is -0.632. The summed E-state index contributed by atoms with van der Waals surface area (Å²) in [6.07, 6.45) is 0. The maximum Gasteiger partial charge on any atom is 0.239 e. The number of nitrogens with one attached hydrogen (secondary N) is 2.